The minimum absolute atomic E-state index is 0.603. The maximum Gasteiger partial charge on any atom is 0.0848 e. The van der Waals surface area contributed by atoms with E-state index in [9.17, 15) is 5.11 Å². The summed E-state index contributed by atoms with van der Waals surface area (Å²) in [5.74, 6) is 0.725. The van der Waals surface area contributed by atoms with Crippen LogP contribution in [0.5, 0.6) is 0 Å². The van der Waals surface area contributed by atoms with Crippen LogP contribution in [0.2, 0.25) is 5.02 Å². The smallest absolute Gasteiger partial charge is 0.0848 e. The lowest BCUT2D eigenvalue weighted by Crippen LogP contribution is -2.31. The Morgan fingerprint density at radius 2 is 2.17 bits per heavy atom. The average Bonchev–Trinajstić information content (AvgIpc) is 2.48. The predicted octanol–water partition coefficient (Wildman–Crippen LogP) is 3.26. The Morgan fingerprint density at radius 1 is 1.44 bits per heavy atom. The Bertz CT molecular complexity index is 430. The summed E-state index contributed by atoms with van der Waals surface area (Å²) >= 11 is 6.27. The molecule has 102 valence electrons. The molecule has 0 bridgehead atoms. The van der Waals surface area contributed by atoms with Crippen LogP contribution in [0, 0.1) is 12.8 Å². The Balaban J connectivity index is 2.16. The van der Waals surface area contributed by atoms with Crippen LogP contribution in [0.1, 0.15) is 50.4 Å². The zero-order valence-corrected chi connectivity index (χ0v) is 12.3. The van der Waals surface area contributed by atoms with Crippen LogP contribution in [-0.4, -0.2) is 20.5 Å². The molecule has 0 saturated heterocycles. The highest BCUT2D eigenvalue weighted by Crippen LogP contribution is 2.34. The number of halogens is 1. The van der Waals surface area contributed by atoms with Gasteiger partial charge in [-0.15, -0.1) is 0 Å². The van der Waals surface area contributed by atoms with Crippen molar-refractivity contribution in [3.8, 4) is 0 Å². The molecule has 0 aromatic carbocycles. The van der Waals surface area contributed by atoms with Gasteiger partial charge in [0.2, 0.25) is 0 Å². The molecule has 0 aliphatic heterocycles. The van der Waals surface area contributed by atoms with Crippen LogP contribution in [-0.2, 0) is 13.5 Å². The molecule has 0 radical (unpaired) electrons. The van der Waals surface area contributed by atoms with E-state index in [4.69, 9.17) is 11.6 Å². The van der Waals surface area contributed by atoms with Crippen molar-refractivity contribution in [1.29, 1.82) is 0 Å². The van der Waals surface area contributed by atoms with Gasteiger partial charge in [0.05, 0.1) is 22.0 Å². The highest BCUT2D eigenvalue weighted by molar-refractivity contribution is 6.31. The van der Waals surface area contributed by atoms with Gasteiger partial charge in [-0.05, 0) is 32.1 Å². The van der Waals surface area contributed by atoms with Crippen molar-refractivity contribution in [2.75, 3.05) is 0 Å². The van der Waals surface area contributed by atoms with E-state index in [1.807, 2.05) is 18.7 Å². The largest absolute Gasteiger partial charge is 0.389 e. The normalized spacial score (nSPS) is 29.3. The fraction of sp³-hybridized carbons (Fsp3) is 0.786. The third-order valence-electron chi connectivity index (χ3n) is 4.20. The van der Waals surface area contributed by atoms with Gasteiger partial charge in [0.15, 0.2) is 0 Å². The molecule has 1 aromatic heterocycles. The summed E-state index contributed by atoms with van der Waals surface area (Å²) in [6.07, 6.45) is 5.79. The van der Waals surface area contributed by atoms with E-state index < -0.39 is 5.60 Å². The quantitative estimate of drug-likeness (QED) is 0.838. The van der Waals surface area contributed by atoms with Crippen LogP contribution in [0.4, 0.5) is 0 Å². The van der Waals surface area contributed by atoms with Crippen molar-refractivity contribution < 1.29 is 5.11 Å². The summed E-state index contributed by atoms with van der Waals surface area (Å²) in [4.78, 5) is 0. The summed E-state index contributed by atoms with van der Waals surface area (Å²) in [6.45, 7) is 4.18. The molecule has 1 aliphatic rings. The van der Waals surface area contributed by atoms with Crippen molar-refractivity contribution in [2.24, 2.45) is 13.0 Å². The zero-order chi connectivity index (χ0) is 13.3. The molecule has 3 nitrogen and oxygen atoms in total. The van der Waals surface area contributed by atoms with Gasteiger partial charge in [-0.25, -0.2) is 0 Å². The molecule has 2 atom stereocenters. The summed E-state index contributed by atoms with van der Waals surface area (Å²) in [5.41, 5.74) is 1.21. The second-order valence-electron chi connectivity index (χ2n) is 5.91. The average molecular weight is 271 g/mol. The fourth-order valence-electron chi connectivity index (χ4n) is 2.92. The molecular formula is C14H23ClN2O. The Hall–Kier alpha value is -0.540. The minimum Gasteiger partial charge on any atom is -0.389 e. The highest BCUT2D eigenvalue weighted by Gasteiger charge is 2.32. The first kappa shape index (κ1) is 13.9. The Labute approximate surface area is 114 Å². The molecule has 1 aliphatic carbocycles. The predicted molar refractivity (Wildman–Crippen MR) is 73.9 cm³/mol. The molecule has 0 amide bonds. The van der Waals surface area contributed by atoms with E-state index in [0.717, 1.165) is 43.0 Å². The van der Waals surface area contributed by atoms with E-state index in [2.05, 4.69) is 12.0 Å². The summed E-state index contributed by atoms with van der Waals surface area (Å²) in [7, 11) is 1.90. The van der Waals surface area contributed by atoms with Gasteiger partial charge >= 0.3 is 0 Å². The number of rotatable bonds is 2. The van der Waals surface area contributed by atoms with Crippen molar-refractivity contribution >= 4 is 11.6 Å². The highest BCUT2D eigenvalue weighted by atomic mass is 35.5. The number of aliphatic hydroxyl groups is 1. The molecule has 0 spiro atoms. The van der Waals surface area contributed by atoms with E-state index in [1.165, 1.54) is 6.42 Å². The van der Waals surface area contributed by atoms with Gasteiger partial charge in [0.25, 0.3) is 0 Å². The molecule has 18 heavy (non-hydrogen) atoms. The third-order valence-corrected chi connectivity index (χ3v) is 4.69. The molecular weight excluding hydrogens is 248 g/mol. The standard InChI is InChI=1S/C14H23ClN2O/c1-10-5-4-7-14(18,8-6-10)9-12-13(15)11(2)16-17(12)3/h10,18H,4-9H2,1-3H3. The monoisotopic (exact) mass is 270 g/mol. The molecule has 1 aromatic rings. The van der Waals surface area contributed by atoms with Gasteiger partial charge in [-0.2, -0.15) is 5.10 Å². The van der Waals surface area contributed by atoms with Gasteiger partial charge < -0.3 is 5.11 Å². The van der Waals surface area contributed by atoms with Crippen LogP contribution in [0.15, 0.2) is 0 Å². The lowest BCUT2D eigenvalue weighted by molar-refractivity contribution is 0.0227. The Kier molecular flexibility index (Phi) is 4.02. The first-order valence-electron chi connectivity index (χ1n) is 6.82. The topological polar surface area (TPSA) is 38.0 Å². The van der Waals surface area contributed by atoms with Crippen molar-refractivity contribution in [1.82, 2.24) is 9.78 Å². The number of hydrogen-bond donors (Lipinski definition) is 1. The molecule has 2 unspecified atom stereocenters. The number of aryl methyl sites for hydroxylation is 2. The second-order valence-corrected chi connectivity index (χ2v) is 6.28. The third kappa shape index (κ3) is 2.89. The Morgan fingerprint density at radius 3 is 2.78 bits per heavy atom. The van der Waals surface area contributed by atoms with E-state index in [0.29, 0.717) is 11.4 Å². The van der Waals surface area contributed by atoms with Gasteiger partial charge in [-0.1, -0.05) is 31.4 Å². The SMILES string of the molecule is Cc1nn(C)c(CC2(O)CCCC(C)CC2)c1Cl. The van der Waals surface area contributed by atoms with Crippen molar-refractivity contribution in [3.63, 3.8) is 0 Å². The lowest BCUT2D eigenvalue weighted by Gasteiger charge is -2.26. The van der Waals surface area contributed by atoms with Gasteiger partial charge in [0.1, 0.15) is 0 Å². The van der Waals surface area contributed by atoms with Crippen LogP contribution in [0.25, 0.3) is 0 Å². The van der Waals surface area contributed by atoms with E-state index >= 15 is 0 Å². The molecule has 1 heterocycles. The zero-order valence-electron chi connectivity index (χ0n) is 11.5. The number of aromatic nitrogens is 2. The number of hydrogen-bond acceptors (Lipinski definition) is 2. The van der Waals surface area contributed by atoms with Crippen LogP contribution >= 0.6 is 11.6 Å². The van der Waals surface area contributed by atoms with Crippen molar-refractivity contribution in [2.45, 2.75) is 58.0 Å². The van der Waals surface area contributed by atoms with E-state index in [-0.39, 0.29) is 0 Å². The summed E-state index contributed by atoms with van der Waals surface area (Å²) in [6, 6.07) is 0. The van der Waals surface area contributed by atoms with Gasteiger partial charge in [0, 0.05) is 13.5 Å². The first-order valence-corrected chi connectivity index (χ1v) is 7.19. The molecule has 4 heteroatoms. The maximum atomic E-state index is 10.8. The minimum atomic E-state index is -0.603. The molecule has 1 saturated carbocycles. The summed E-state index contributed by atoms with van der Waals surface area (Å²) in [5, 5.41) is 15.8. The first-order chi connectivity index (χ1) is 8.41. The number of nitrogens with zero attached hydrogens (tertiary/aromatic N) is 2. The van der Waals surface area contributed by atoms with E-state index in [1.54, 1.807) is 0 Å². The molecule has 1 N–H and O–H groups in total. The summed E-state index contributed by atoms with van der Waals surface area (Å²) < 4.78 is 1.81. The molecule has 2 rings (SSSR count). The van der Waals surface area contributed by atoms with Crippen LogP contribution in [0.3, 0.4) is 0 Å². The maximum absolute atomic E-state index is 10.8. The van der Waals surface area contributed by atoms with Crippen molar-refractivity contribution in [3.05, 3.63) is 16.4 Å². The van der Waals surface area contributed by atoms with Crippen LogP contribution < -0.4 is 0 Å². The molecule has 1 fully saturated rings. The lowest BCUT2D eigenvalue weighted by atomic mass is 9.89. The fourth-order valence-corrected chi connectivity index (χ4v) is 3.15. The van der Waals surface area contributed by atoms with Gasteiger partial charge in [-0.3, -0.25) is 4.68 Å². The second kappa shape index (κ2) is 5.22.